The van der Waals surface area contributed by atoms with E-state index in [1.807, 2.05) is 10.3 Å². The molecule has 2 aliphatic rings. The maximum atomic E-state index is 14.2. The van der Waals surface area contributed by atoms with Gasteiger partial charge in [0.1, 0.15) is 29.2 Å². The largest absolute Gasteiger partial charge is 0.376 e. The van der Waals surface area contributed by atoms with Crippen LogP contribution in [0.3, 0.4) is 0 Å². The summed E-state index contributed by atoms with van der Waals surface area (Å²) in [5.41, 5.74) is 0.115. The molecule has 4 heterocycles. The van der Waals surface area contributed by atoms with Gasteiger partial charge in [-0.3, -0.25) is 10.6 Å². The zero-order valence-corrected chi connectivity index (χ0v) is 20.3. The first kappa shape index (κ1) is 25.7. The smallest absolute Gasteiger partial charge is 0.282 e. The third-order valence-electron chi connectivity index (χ3n) is 6.65. The number of nitrogens with zero attached hydrogens (tertiary/aromatic N) is 4. The van der Waals surface area contributed by atoms with Gasteiger partial charge in [0, 0.05) is 61.0 Å². The summed E-state index contributed by atoms with van der Waals surface area (Å²) in [6.45, 7) is 1.63. The molecule has 2 aromatic heterocycles. The highest BCUT2D eigenvalue weighted by atomic mass is 32.1. The van der Waals surface area contributed by atoms with Crippen molar-refractivity contribution in [2.75, 3.05) is 13.1 Å². The third kappa shape index (κ3) is 5.53. The third-order valence-corrected chi connectivity index (χ3v) is 7.67. The summed E-state index contributed by atoms with van der Waals surface area (Å²) in [6, 6.07) is 2.98. The van der Waals surface area contributed by atoms with Gasteiger partial charge in [-0.05, 0) is 31.0 Å². The fourth-order valence-electron chi connectivity index (χ4n) is 4.60. The quantitative estimate of drug-likeness (QED) is 0.392. The number of hydrogen-bond acceptors (Lipinski definition) is 6. The van der Waals surface area contributed by atoms with Gasteiger partial charge < -0.3 is 4.90 Å². The van der Waals surface area contributed by atoms with E-state index in [0.717, 1.165) is 46.4 Å². The summed E-state index contributed by atoms with van der Waals surface area (Å²) in [5, 5.41) is 12.8. The van der Waals surface area contributed by atoms with Crippen LogP contribution in [0.15, 0.2) is 29.8 Å². The number of fused-ring (bicyclic) bond motifs is 1. The molecule has 0 atom stereocenters. The van der Waals surface area contributed by atoms with Gasteiger partial charge in [-0.15, -0.1) is 11.3 Å². The second kappa shape index (κ2) is 10.8. The second-order valence-corrected chi connectivity index (χ2v) is 9.83. The Morgan fingerprint density at radius 3 is 2.19 bits per heavy atom. The molecule has 3 aromatic rings. The number of nitrogens with one attached hydrogen (secondary N) is 2. The number of aromatic nitrogens is 3. The summed E-state index contributed by atoms with van der Waals surface area (Å²) < 4.78 is 81.2. The van der Waals surface area contributed by atoms with E-state index in [1.165, 1.54) is 17.5 Å². The van der Waals surface area contributed by atoms with Gasteiger partial charge in [0.25, 0.3) is 12.9 Å². The molecule has 0 spiro atoms. The standard InChI is InChI=1S/C24H24F6N6S/c25-16-1-2-17(26)15-11-32-23(31-10-14(15)16)19-12-37-24(33-19)13-3-5-35(6-4-13)7-8-36-20(22(29)30)9-18(34-36)21(27)28/h1-2,7-9,12-13,21-23,31-32H,3-6,10-11H2. The van der Waals surface area contributed by atoms with Crippen LogP contribution in [0.4, 0.5) is 26.3 Å². The van der Waals surface area contributed by atoms with Gasteiger partial charge in [-0.25, -0.2) is 36.0 Å². The molecular weight excluding hydrogens is 518 g/mol. The van der Waals surface area contributed by atoms with Gasteiger partial charge in [-0.1, -0.05) is 0 Å². The van der Waals surface area contributed by atoms with Crippen molar-refractivity contribution >= 4 is 17.5 Å². The Kier molecular flexibility index (Phi) is 7.54. The van der Waals surface area contributed by atoms with Crippen LogP contribution in [0.1, 0.15) is 71.0 Å². The number of thiazole rings is 1. The predicted molar refractivity (Wildman–Crippen MR) is 126 cm³/mol. The van der Waals surface area contributed by atoms with Crippen molar-refractivity contribution in [3.05, 3.63) is 74.6 Å². The second-order valence-electron chi connectivity index (χ2n) is 8.94. The van der Waals surface area contributed by atoms with Crippen LogP contribution in [0.2, 0.25) is 0 Å². The average molecular weight is 543 g/mol. The number of piperidine rings is 1. The van der Waals surface area contributed by atoms with Gasteiger partial charge in [0.05, 0.1) is 10.7 Å². The zero-order valence-electron chi connectivity index (χ0n) is 19.5. The van der Waals surface area contributed by atoms with E-state index in [1.54, 1.807) is 6.20 Å². The van der Waals surface area contributed by atoms with E-state index in [-0.39, 0.29) is 25.2 Å². The van der Waals surface area contributed by atoms with Crippen molar-refractivity contribution < 1.29 is 26.3 Å². The highest BCUT2D eigenvalue weighted by Crippen LogP contribution is 2.32. The number of likely N-dealkylation sites (tertiary alicyclic amines) is 1. The summed E-state index contributed by atoms with van der Waals surface area (Å²) in [4.78, 5) is 6.71. The summed E-state index contributed by atoms with van der Waals surface area (Å²) >= 11 is 1.52. The van der Waals surface area contributed by atoms with Crippen LogP contribution in [0.25, 0.3) is 6.20 Å². The molecule has 0 saturated carbocycles. The molecular formula is C24H24F6N6S. The van der Waals surface area contributed by atoms with Gasteiger partial charge in [0.2, 0.25) is 0 Å². The van der Waals surface area contributed by atoms with E-state index >= 15 is 0 Å². The minimum absolute atomic E-state index is 0.177. The minimum atomic E-state index is -2.92. The monoisotopic (exact) mass is 542 g/mol. The highest BCUT2D eigenvalue weighted by Gasteiger charge is 2.26. The molecule has 6 nitrogen and oxygen atoms in total. The Labute approximate surface area is 213 Å². The topological polar surface area (TPSA) is 58.0 Å². The van der Waals surface area contributed by atoms with Crippen molar-refractivity contribution in [1.29, 1.82) is 0 Å². The van der Waals surface area contributed by atoms with Crippen LogP contribution in [-0.4, -0.2) is 32.8 Å². The number of rotatable bonds is 6. The van der Waals surface area contributed by atoms with Crippen molar-refractivity contribution in [2.24, 2.45) is 0 Å². The first-order valence-electron chi connectivity index (χ1n) is 11.8. The number of halogens is 6. The Bertz CT molecular complexity index is 1230. The lowest BCUT2D eigenvalue weighted by Crippen LogP contribution is -2.31. The summed E-state index contributed by atoms with van der Waals surface area (Å²) in [7, 11) is 0. The Morgan fingerprint density at radius 2 is 1.59 bits per heavy atom. The molecule has 1 aromatic carbocycles. The average Bonchev–Trinajstić information content (AvgIpc) is 3.48. The molecule has 13 heteroatoms. The molecule has 37 heavy (non-hydrogen) atoms. The molecule has 0 bridgehead atoms. The van der Waals surface area contributed by atoms with Gasteiger partial charge in [-0.2, -0.15) is 5.10 Å². The van der Waals surface area contributed by atoms with Crippen LogP contribution in [-0.2, 0) is 13.1 Å². The highest BCUT2D eigenvalue weighted by molar-refractivity contribution is 7.09. The molecule has 1 fully saturated rings. The van der Waals surface area contributed by atoms with E-state index in [2.05, 4.69) is 15.7 Å². The van der Waals surface area contributed by atoms with E-state index in [0.29, 0.717) is 24.2 Å². The molecule has 2 N–H and O–H groups in total. The number of hydrogen-bond donors (Lipinski definition) is 2. The van der Waals surface area contributed by atoms with Crippen molar-refractivity contribution in [2.45, 2.75) is 50.9 Å². The SMILES string of the molecule is Fc1ccc(F)c2c1CNC(c1csc(C3CCN(C=Cn4nc(C(F)F)cc4C(F)F)CC3)n1)NC2. The number of benzene rings is 1. The molecule has 0 amide bonds. The Balaban J connectivity index is 1.19. The zero-order chi connectivity index (χ0) is 26.1. The first-order valence-corrected chi connectivity index (χ1v) is 12.6. The van der Waals surface area contributed by atoms with Crippen LogP contribution >= 0.6 is 11.3 Å². The van der Waals surface area contributed by atoms with Crippen molar-refractivity contribution in [3.8, 4) is 0 Å². The maximum absolute atomic E-state index is 14.2. The summed E-state index contributed by atoms with van der Waals surface area (Å²) in [6.07, 6.45) is -1.78. The molecule has 5 rings (SSSR count). The first-order chi connectivity index (χ1) is 17.8. The van der Waals surface area contributed by atoms with Crippen molar-refractivity contribution in [3.63, 3.8) is 0 Å². The van der Waals surface area contributed by atoms with E-state index in [4.69, 9.17) is 4.98 Å². The lowest BCUT2D eigenvalue weighted by Gasteiger charge is -2.30. The predicted octanol–water partition coefficient (Wildman–Crippen LogP) is 5.69. The number of alkyl halides is 4. The maximum Gasteiger partial charge on any atom is 0.282 e. The lowest BCUT2D eigenvalue weighted by molar-refractivity contribution is 0.143. The Hall–Kier alpha value is -2.90. The van der Waals surface area contributed by atoms with Gasteiger partial charge >= 0.3 is 0 Å². The lowest BCUT2D eigenvalue weighted by atomic mass is 9.98. The van der Waals surface area contributed by atoms with Crippen LogP contribution < -0.4 is 10.6 Å². The van der Waals surface area contributed by atoms with Crippen molar-refractivity contribution in [1.82, 2.24) is 30.3 Å². The van der Waals surface area contributed by atoms with Crippen LogP contribution in [0, 0.1) is 11.6 Å². The molecule has 198 valence electrons. The minimum Gasteiger partial charge on any atom is -0.376 e. The normalized spacial score (nSPS) is 17.8. The van der Waals surface area contributed by atoms with Crippen LogP contribution in [0.5, 0.6) is 0 Å². The molecule has 0 aliphatic carbocycles. The van der Waals surface area contributed by atoms with E-state index in [9.17, 15) is 26.3 Å². The van der Waals surface area contributed by atoms with Gasteiger partial charge in [0.15, 0.2) is 0 Å². The Morgan fingerprint density at radius 1 is 0.946 bits per heavy atom. The molecule has 1 saturated heterocycles. The molecule has 0 unspecified atom stereocenters. The fourth-order valence-corrected chi connectivity index (χ4v) is 5.62. The fraction of sp³-hybridized carbons (Fsp3) is 0.417. The molecule has 2 aliphatic heterocycles. The van der Waals surface area contributed by atoms with E-state index < -0.39 is 35.9 Å². The molecule has 0 radical (unpaired) electrons. The summed E-state index contributed by atoms with van der Waals surface area (Å²) in [5.74, 6) is -0.690.